The fourth-order valence-corrected chi connectivity index (χ4v) is 2.08. The van der Waals surface area contributed by atoms with Crippen molar-refractivity contribution in [3.05, 3.63) is 28.3 Å². The Kier molecular flexibility index (Phi) is 2.79. The summed E-state index contributed by atoms with van der Waals surface area (Å²) in [6, 6.07) is 1.95. The Morgan fingerprint density at radius 2 is 2.29 bits per heavy atom. The third-order valence-corrected chi connectivity index (χ3v) is 2.91. The van der Waals surface area contributed by atoms with Crippen LogP contribution in [-0.2, 0) is 0 Å². The van der Waals surface area contributed by atoms with E-state index in [2.05, 4.69) is 25.9 Å². The third kappa shape index (κ3) is 1.78. The summed E-state index contributed by atoms with van der Waals surface area (Å²) in [5.41, 5.74) is 0.914. The van der Waals surface area contributed by atoms with Gasteiger partial charge in [0, 0.05) is 22.2 Å². The van der Waals surface area contributed by atoms with Crippen molar-refractivity contribution in [2.45, 2.75) is 0 Å². The number of rotatable bonds is 2. The van der Waals surface area contributed by atoms with E-state index in [1.165, 1.54) is 0 Å². The van der Waals surface area contributed by atoms with E-state index >= 15 is 0 Å². The van der Waals surface area contributed by atoms with Gasteiger partial charge >= 0.3 is 0 Å². The molecule has 2 aromatic rings. The lowest BCUT2D eigenvalue weighted by molar-refractivity contribution is 0.399. The molecule has 0 saturated heterocycles. The number of methoxy groups -OCH3 is 1. The van der Waals surface area contributed by atoms with E-state index in [-0.39, 0.29) is 0 Å². The Morgan fingerprint density at radius 3 is 2.93 bits per heavy atom. The van der Waals surface area contributed by atoms with Crippen LogP contribution in [0.4, 0.5) is 0 Å². The van der Waals surface area contributed by atoms with Crippen molar-refractivity contribution in [2.24, 2.45) is 0 Å². The third-order valence-electron chi connectivity index (χ3n) is 1.67. The smallest absolute Gasteiger partial charge is 0.223 e. The van der Waals surface area contributed by atoms with E-state index in [1.807, 2.05) is 11.4 Å². The van der Waals surface area contributed by atoms with Crippen molar-refractivity contribution in [3.63, 3.8) is 0 Å². The van der Waals surface area contributed by atoms with Crippen molar-refractivity contribution >= 4 is 27.3 Å². The molecule has 3 nitrogen and oxygen atoms in total. The average molecular weight is 271 g/mol. The Labute approximate surface area is 93.9 Å². The first kappa shape index (κ1) is 9.61. The number of nitrogens with zero attached hydrogens (tertiary/aromatic N) is 2. The Hall–Kier alpha value is -0.940. The summed E-state index contributed by atoms with van der Waals surface area (Å²) < 4.78 is 6.08. The second-order valence-corrected chi connectivity index (χ2v) is 4.36. The van der Waals surface area contributed by atoms with Gasteiger partial charge in [0.15, 0.2) is 0 Å². The van der Waals surface area contributed by atoms with Crippen LogP contribution in [0.5, 0.6) is 5.88 Å². The summed E-state index contributed by atoms with van der Waals surface area (Å²) in [5.74, 6) is 0.600. The lowest BCUT2D eigenvalue weighted by Gasteiger charge is -2.04. The standard InChI is InChI=1S/C9H7BrN2OS/c1-13-8-7(4-6(10)5-12-8)9-11-2-3-14-9/h2-5H,1H3. The molecule has 0 aliphatic rings. The summed E-state index contributed by atoms with van der Waals surface area (Å²) >= 11 is 4.93. The second kappa shape index (κ2) is 4.06. The van der Waals surface area contributed by atoms with Gasteiger partial charge in [-0.15, -0.1) is 11.3 Å². The van der Waals surface area contributed by atoms with Gasteiger partial charge in [-0.1, -0.05) is 0 Å². The molecule has 2 rings (SSSR count). The number of ether oxygens (including phenoxy) is 1. The molecular weight excluding hydrogens is 264 g/mol. The van der Waals surface area contributed by atoms with Gasteiger partial charge in [0.2, 0.25) is 5.88 Å². The summed E-state index contributed by atoms with van der Waals surface area (Å²) in [7, 11) is 1.60. The van der Waals surface area contributed by atoms with Gasteiger partial charge in [-0.2, -0.15) is 0 Å². The summed E-state index contributed by atoms with van der Waals surface area (Å²) in [4.78, 5) is 8.36. The number of thiazole rings is 1. The maximum Gasteiger partial charge on any atom is 0.223 e. The van der Waals surface area contributed by atoms with E-state index in [9.17, 15) is 0 Å². The Morgan fingerprint density at radius 1 is 1.43 bits per heavy atom. The van der Waals surface area contributed by atoms with Crippen LogP contribution < -0.4 is 4.74 Å². The molecule has 5 heteroatoms. The quantitative estimate of drug-likeness (QED) is 0.842. The van der Waals surface area contributed by atoms with Crippen LogP contribution in [0.25, 0.3) is 10.6 Å². The highest BCUT2D eigenvalue weighted by Crippen LogP contribution is 2.31. The molecular formula is C9H7BrN2OS. The zero-order valence-electron chi connectivity index (χ0n) is 7.40. The number of hydrogen-bond donors (Lipinski definition) is 0. The average Bonchev–Trinajstić information content (AvgIpc) is 2.70. The van der Waals surface area contributed by atoms with Crippen molar-refractivity contribution in [1.29, 1.82) is 0 Å². The fraction of sp³-hybridized carbons (Fsp3) is 0.111. The van der Waals surface area contributed by atoms with Crippen LogP contribution in [0.15, 0.2) is 28.3 Å². The molecule has 0 atom stereocenters. The van der Waals surface area contributed by atoms with Gasteiger partial charge in [-0.05, 0) is 22.0 Å². The van der Waals surface area contributed by atoms with Crippen LogP contribution in [0.1, 0.15) is 0 Å². The summed E-state index contributed by atoms with van der Waals surface area (Å²) in [5, 5.41) is 2.84. The van der Waals surface area contributed by atoms with Crippen LogP contribution in [0.3, 0.4) is 0 Å². The van der Waals surface area contributed by atoms with Gasteiger partial charge in [-0.25, -0.2) is 9.97 Å². The number of aromatic nitrogens is 2. The van der Waals surface area contributed by atoms with Crippen LogP contribution in [0.2, 0.25) is 0 Å². The molecule has 0 N–H and O–H groups in total. The minimum Gasteiger partial charge on any atom is -0.480 e. The van der Waals surface area contributed by atoms with Crippen LogP contribution in [0, 0.1) is 0 Å². The molecule has 0 unspecified atom stereocenters. The number of pyridine rings is 1. The van der Waals surface area contributed by atoms with E-state index < -0.39 is 0 Å². The number of halogens is 1. The molecule has 14 heavy (non-hydrogen) atoms. The Balaban J connectivity index is 2.55. The van der Waals surface area contributed by atoms with Crippen molar-refractivity contribution in [2.75, 3.05) is 7.11 Å². The molecule has 0 amide bonds. The normalized spacial score (nSPS) is 10.1. The molecule has 0 fully saturated rings. The maximum absolute atomic E-state index is 5.16. The first-order chi connectivity index (χ1) is 6.81. The van der Waals surface area contributed by atoms with Gasteiger partial charge in [0.05, 0.1) is 12.7 Å². The molecule has 0 aliphatic heterocycles. The maximum atomic E-state index is 5.16. The highest BCUT2D eigenvalue weighted by molar-refractivity contribution is 9.10. The van der Waals surface area contributed by atoms with Crippen LogP contribution in [-0.4, -0.2) is 17.1 Å². The van der Waals surface area contributed by atoms with Gasteiger partial charge in [-0.3, -0.25) is 0 Å². The zero-order valence-corrected chi connectivity index (χ0v) is 9.80. The molecule has 2 aromatic heterocycles. The molecule has 72 valence electrons. The molecule has 2 heterocycles. The highest BCUT2D eigenvalue weighted by atomic mass is 79.9. The molecule has 0 bridgehead atoms. The minimum absolute atomic E-state index is 0.600. The minimum atomic E-state index is 0.600. The molecule has 0 aromatic carbocycles. The summed E-state index contributed by atoms with van der Waals surface area (Å²) in [6.45, 7) is 0. The van der Waals surface area contributed by atoms with Gasteiger partial charge < -0.3 is 4.74 Å². The topological polar surface area (TPSA) is 35.0 Å². The molecule has 0 saturated carbocycles. The SMILES string of the molecule is COc1ncc(Br)cc1-c1nccs1. The van der Waals surface area contributed by atoms with E-state index in [1.54, 1.807) is 30.8 Å². The largest absolute Gasteiger partial charge is 0.480 e. The lowest BCUT2D eigenvalue weighted by atomic mass is 10.3. The fourth-order valence-electron chi connectivity index (χ4n) is 1.10. The zero-order chi connectivity index (χ0) is 9.97. The van der Waals surface area contributed by atoms with Gasteiger partial charge in [0.25, 0.3) is 0 Å². The molecule has 0 aliphatic carbocycles. The van der Waals surface area contributed by atoms with Gasteiger partial charge in [0.1, 0.15) is 5.01 Å². The van der Waals surface area contributed by atoms with Crippen molar-refractivity contribution < 1.29 is 4.74 Å². The molecule has 0 radical (unpaired) electrons. The number of hydrogen-bond acceptors (Lipinski definition) is 4. The van der Waals surface area contributed by atoms with Crippen molar-refractivity contribution in [3.8, 4) is 16.5 Å². The van der Waals surface area contributed by atoms with E-state index in [0.29, 0.717) is 5.88 Å². The van der Waals surface area contributed by atoms with Crippen molar-refractivity contribution in [1.82, 2.24) is 9.97 Å². The highest BCUT2D eigenvalue weighted by Gasteiger charge is 2.09. The monoisotopic (exact) mass is 270 g/mol. The van der Waals surface area contributed by atoms with E-state index in [0.717, 1.165) is 15.0 Å². The first-order valence-electron chi connectivity index (χ1n) is 3.90. The first-order valence-corrected chi connectivity index (χ1v) is 5.58. The summed E-state index contributed by atoms with van der Waals surface area (Å²) in [6.07, 6.45) is 3.47. The van der Waals surface area contributed by atoms with Crippen LogP contribution >= 0.6 is 27.3 Å². The Bertz CT molecular complexity index is 430. The second-order valence-electron chi connectivity index (χ2n) is 2.55. The van der Waals surface area contributed by atoms with E-state index in [4.69, 9.17) is 4.74 Å². The lowest BCUT2D eigenvalue weighted by Crippen LogP contribution is -1.90. The predicted octanol–water partition coefficient (Wildman–Crippen LogP) is 2.98. The predicted molar refractivity (Wildman–Crippen MR) is 59.6 cm³/mol. The molecule has 0 spiro atoms.